The number of aliphatic hydroxyl groups excluding tert-OH is 1. The molecule has 0 unspecified atom stereocenters. The van der Waals surface area contributed by atoms with Crippen LogP contribution in [0.3, 0.4) is 0 Å². The summed E-state index contributed by atoms with van der Waals surface area (Å²) in [7, 11) is 0. The van der Waals surface area contributed by atoms with Crippen molar-refractivity contribution in [2.24, 2.45) is 5.73 Å². The molecule has 0 heterocycles. The number of aromatic hydroxyl groups is 1. The number of phenols is 1. The number of carbonyl (C=O) groups is 4. The standard InChI is InChI=1S/C30H34N4O7/c1-19(35)26(27(31)37)34-29(39)24(17-21-12-14-23(36)15-13-21)32-28(38)25(16-20-8-4-2-5-9-20)33-30(40)41-18-22-10-6-3-7-11-22/h2-15,19,24-26,35-36H,16-18H2,1H3,(H2,31,37)(H,32,38)(H,33,40)(H,34,39)/t19-,24+,25-,26-/m0/s1. The predicted molar refractivity (Wildman–Crippen MR) is 150 cm³/mol. The second-order valence-corrected chi connectivity index (χ2v) is 9.51. The number of hydrogen-bond donors (Lipinski definition) is 6. The molecule has 0 aliphatic carbocycles. The van der Waals surface area contributed by atoms with Crippen molar-refractivity contribution in [1.29, 1.82) is 0 Å². The third-order valence-electron chi connectivity index (χ3n) is 6.20. The molecule has 0 spiro atoms. The molecule has 41 heavy (non-hydrogen) atoms. The number of amides is 4. The van der Waals surface area contributed by atoms with E-state index in [2.05, 4.69) is 16.0 Å². The summed E-state index contributed by atoms with van der Waals surface area (Å²) in [6.45, 7) is 1.29. The molecule has 4 amide bonds. The molecular weight excluding hydrogens is 528 g/mol. The van der Waals surface area contributed by atoms with E-state index in [9.17, 15) is 29.4 Å². The van der Waals surface area contributed by atoms with Crippen LogP contribution in [0, 0.1) is 0 Å². The van der Waals surface area contributed by atoms with E-state index >= 15 is 0 Å². The minimum absolute atomic E-state index is 0.00785. The van der Waals surface area contributed by atoms with E-state index in [4.69, 9.17) is 10.5 Å². The van der Waals surface area contributed by atoms with Crippen LogP contribution in [-0.4, -0.2) is 58.3 Å². The lowest BCUT2D eigenvalue weighted by molar-refractivity contribution is -0.133. The molecule has 0 radical (unpaired) electrons. The number of benzene rings is 3. The van der Waals surface area contributed by atoms with Gasteiger partial charge in [-0.25, -0.2) is 4.79 Å². The predicted octanol–water partition coefficient (Wildman–Crippen LogP) is 1.31. The number of primary amides is 1. The normalized spacial score (nSPS) is 13.6. The average Bonchev–Trinajstić information content (AvgIpc) is 2.95. The monoisotopic (exact) mass is 562 g/mol. The number of carbonyl (C=O) groups excluding carboxylic acids is 4. The highest BCUT2D eigenvalue weighted by atomic mass is 16.5. The van der Waals surface area contributed by atoms with Gasteiger partial charge in [-0.15, -0.1) is 0 Å². The van der Waals surface area contributed by atoms with E-state index in [1.165, 1.54) is 19.1 Å². The van der Waals surface area contributed by atoms with E-state index < -0.39 is 48.0 Å². The van der Waals surface area contributed by atoms with Gasteiger partial charge in [0, 0.05) is 12.8 Å². The van der Waals surface area contributed by atoms with Gasteiger partial charge in [-0.2, -0.15) is 0 Å². The first-order valence-electron chi connectivity index (χ1n) is 13.0. The molecule has 0 saturated carbocycles. The van der Waals surface area contributed by atoms with Gasteiger partial charge >= 0.3 is 6.09 Å². The van der Waals surface area contributed by atoms with Gasteiger partial charge in [-0.05, 0) is 35.7 Å². The summed E-state index contributed by atoms with van der Waals surface area (Å²) in [6.07, 6.45) is -2.04. The van der Waals surface area contributed by atoms with Crippen molar-refractivity contribution in [1.82, 2.24) is 16.0 Å². The second-order valence-electron chi connectivity index (χ2n) is 9.51. The Morgan fingerprint density at radius 2 is 1.22 bits per heavy atom. The van der Waals surface area contributed by atoms with Crippen molar-refractivity contribution < 1.29 is 34.1 Å². The van der Waals surface area contributed by atoms with Crippen LogP contribution in [0.4, 0.5) is 4.79 Å². The Morgan fingerprint density at radius 3 is 1.76 bits per heavy atom. The van der Waals surface area contributed by atoms with E-state index in [1.807, 2.05) is 24.3 Å². The molecule has 216 valence electrons. The Kier molecular flexibility index (Phi) is 11.2. The molecule has 0 bridgehead atoms. The van der Waals surface area contributed by atoms with E-state index in [1.54, 1.807) is 48.5 Å². The average molecular weight is 563 g/mol. The number of alkyl carbamates (subject to hydrolysis) is 1. The van der Waals surface area contributed by atoms with E-state index in [-0.39, 0.29) is 25.2 Å². The molecule has 11 heteroatoms. The first-order chi connectivity index (χ1) is 19.6. The number of nitrogens with one attached hydrogen (secondary N) is 3. The van der Waals surface area contributed by atoms with Gasteiger partial charge in [0.05, 0.1) is 6.10 Å². The Balaban J connectivity index is 1.80. The molecule has 0 aliphatic heterocycles. The molecule has 0 aromatic heterocycles. The van der Waals surface area contributed by atoms with Gasteiger partial charge in [0.15, 0.2) is 0 Å². The highest BCUT2D eigenvalue weighted by Crippen LogP contribution is 2.13. The largest absolute Gasteiger partial charge is 0.508 e. The number of nitrogens with two attached hydrogens (primary N) is 1. The van der Waals surface area contributed by atoms with Gasteiger partial charge in [0.2, 0.25) is 17.7 Å². The third kappa shape index (κ3) is 9.97. The van der Waals surface area contributed by atoms with Crippen molar-refractivity contribution in [3.8, 4) is 5.75 Å². The Labute approximate surface area is 237 Å². The van der Waals surface area contributed by atoms with E-state index in [0.717, 1.165) is 11.1 Å². The van der Waals surface area contributed by atoms with Crippen molar-refractivity contribution >= 4 is 23.8 Å². The fourth-order valence-corrected chi connectivity index (χ4v) is 4.00. The third-order valence-corrected chi connectivity index (χ3v) is 6.20. The van der Waals surface area contributed by atoms with Crippen LogP contribution in [0.15, 0.2) is 84.9 Å². The summed E-state index contributed by atoms with van der Waals surface area (Å²) in [5.74, 6) is -2.39. The van der Waals surface area contributed by atoms with Crippen LogP contribution in [0.2, 0.25) is 0 Å². The van der Waals surface area contributed by atoms with E-state index in [0.29, 0.717) is 5.56 Å². The van der Waals surface area contributed by atoms with Crippen LogP contribution in [-0.2, 0) is 38.6 Å². The zero-order valence-corrected chi connectivity index (χ0v) is 22.5. The molecule has 0 fully saturated rings. The molecule has 0 saturated heterocycles. The first kappa shape index (κ1) is 30.6. The number of hydrogen-bond acceptors (Lipinski definition) is 7. The van der Waals surface area contributed by atoms with Crippen molar-refractivity contribution in [2.45, 2.75) is 50.6 Å². The zero-order chi connectivity index (χ0) is 29.8. The smallest absolute Gasteiger partial charge is 0.408 e. The molecule has 11 nitrogen and oxygen atoms in total. The number of ether oxygens (including phenoxy) is 1. The van der Waals surface area contributed by atoms with Crippen LogP contribution >= 0.6 is 0 Å². The molecule has 3 rings (SSSR count). The summed E-state index contributed by atoms with van der Waals surface area (Å²) in [5.41, 5.74) is 7.43. The maximum atomic E-state index is 13.5. The fraction of sp³-hybridized carbons (Fsp3) is 0.267. The summed E-state index contributed by atoms with van der Waals surface area (Å²) in [4.78, 5) is 51.2. The molecule has 3 aromatic rings. The molecule has 3 aromatic carbocycles. The number of rotatable bonds is 13. The Hall–Kier alpha value is -4.90. The maximum Gasteiger partial charge on any atom is 0.408 e. The van der Waals surface area contributed by atoms with Crippen LogP contribution in [0.1, 0.15) is 23.6 Å². The van der Waals surface area contributed by atoms with Crippen LogP contribution < -0.4 is 21.7 Å². The molecular formula is C30H34N4O7. The summed E-state index contributed by atoms with van der Waals surface area (Å²) >= 11 is 0. The SMILES string of the molecule is C[C@H](O)[C@H](NC(=O)[C@@H](Cc1ccc(O)cc1)NC(=O)[C@H](Cc1ccccc1)NC(=O)OCc1ccccc1)C(N)=O. The van der Waals surface area contributed by atoms with Gasteiger partial charge < -0.3 is 36.6 Å². The van der Waals surface area contributed by atoms with Gasteiger partial charge in [0.1, 0.15) is 30.5 Å². The minimum atomic E-state index is -1.40. The van der Waals surface area contributed by atoms with Gasteiger partial charge in [0.25, 0.3) is 0 Å². The summed E-state index contributed by atoms with van der Waals surface area (Å²) < 4.78 is 5.30. The quantitative estimate of drug-likeness (QED) is 0.182. The van der Waals surface area contributed by atoms with Crippen molar-refractivity contribution in [3.63, 3.8) is 0 Å². The molecule has 0 aliphatic rings. The second kappa shape index (κ2) is 15.0. The van der Waals surface area contributed by atoms with Crippen LogP contribution in [0.25, 0.3) is 0 Å². The Morgan fingerprint density at radius 1 is 0.732 bits per heavy atom. The number of aliphatic hydroxyl groups is 1. The topological polar surface area (TPSA) is 180 Å². The molecule has 4 atom stereocenters. The highest BCUT2D eigenvalue weighted by molar-refractivity contribution is 5.94. The van der Waals surface area contributed by atoms with Crippen LogP contribution in [0.5, 0.6) is 5.75 Å². The molecule has 7 N–H and O–H groups in total. The summed E-state index contributed by atoms with van der Waals surface area (Å²) in [6, 6.07) is 20.3. The zero-order valence-electron chi connectivity index (χ0n) is 22.5. The maximum absolute atomic E-state index is 13.5. The number of phenolic OH excluding ortho intramolecular Hbond substituents is 1. The van der Waals surface area contributed by atoms with Crippen molar-refractivity contribution in [3.05, 3.63) is 102 Å². The van der Waals surface area contributed by atoms with Crippen molar-refractivity contribution in [2.75, 3.05) is 0 Å². The minimum Gasteiger partial charge on any atom is -0.508 e. The lowest BCUT2D eigenvalue weighted by atomic mass is 10.0. The van der Waals surface area contributed by atoms with Gasteiger partial charge in [-0.1, -0.05) is 72.8 Å². The first-order valence-corrected chi connectivity index (χ1v) is 13.0. The lowest BCUT2D eigenvalue weighted by Gasteiger charge is -2.25. The fourth-order valence-electron chi connectivity index (χ4n) is 4.00. The summed E-state index contributed by atoms with van der Waals surface area (Å²) in [5, 5.41) is 27.1. The lowest BCUT2D eigenvalue weighted by Crippen LogP contribution is -2.59. The highest BCUT2D eigenvalue weighted by Gasteiger charge is 2.31. The Bertz CT molecular complexity index is 1300. The van der Waals surface area contributed by atoms with Gasteiger partial charge in [-0.3, -0.25) is 14.4 Å².